The first-order valence-corrected chi connectivity index (χ1v) is 10.1. The number of fused-ring (bicyclic) bond motifs is 1. The number of rotatable bonds is 6. The maximum atomic E-state index is 12.3. The van der Waals surface area contributed by atoms with Crippen LogP contribution in [0.4, 0.5) is 5.13 Å². The molecule has 6 nitrogen and oxygen atoms in total. The summed E-state index contributed by atoms with van der Waals surface area (Å²) in [6.45, 7) is 3.58. The third-order valence-corrected chi connectivity index (χ3v) is 6.02. The van der Waals surface area contributed by atoms with Crippen LogP contribution < -0.4 is 10.9 Å². The summed E-state index contributed by atoms with van der Waals surface area (Å²) in [4.78, 5) is 19.1. The minimum absolute atomic E-state index is 0.0510. The Labute approximate surface area is 151 Å². The van der Waals surface area contributed by atoms with Crippen molar-refractivity contribution in [3.8, 4) is 0 Å². The summed E-state index contributed by atoms with van der Waals surface area (Å²) < 4.78 is 1.67. The van der Waals surface area contributed by atoms with Gasteiger partial charge < -0.3 is 5.32 Å². The summed E-state index contributed by atoms with van der Waals surface area (Å²) in [6, 6.07) is 2.30. The molecule has 1 fully saturated rings. The molecule has 4 rings (SSSR count). The number of nitrogens with zero attached hydrogens (tertiary/aromatic N) is 4. The summed E-state index contributed by atoms with van der Waals surface area (Å²) in [6.07, 6.45) is 8.69. The summed E-state index contributed by atoms with van der Waals surface area (Å²) in [5, 5.41) is 11.0. The van der Waals surface area contributed by atoms with Gasteiger partial charge in [-0.1, -0.05) is 6.42 Å². The molecule has 1 saturated heterocycles. The predicted molar refractivity (Wildman–Crippen MR) is 100 cm³/mol. The van der Waals surface area contributed by atoms with Crippen molar-refractivity contribution >= 4 is 16.5 Å². The molecule has 0 aromatic carbocycles. The lowest BCUT2D eigenvalue weighted by Crippen LogP contribution is -2.45. The Bertz CT molecular complexity index is 757. The second-order valence-corrected chi connectivity index (χ2v) is 7.83. The van der Waals surface area contributed by atoms with Crippen LogP contribution in [0.2, 0.25) is 0 Å². The number of piperidine rings is 1. The molecule has 1 aliphatic heterocycles. The van der Waals surface area contributed by atoms with Crippen LogP contribution >= 0.6 is 11.3 Å². The van der Waals surface area contributed by atoms with E-state index < -0.39 is 0 Å². The number of hydrogen-bond acceptors (Lipinski definition) is 6. The van der Waals surface area contributed by atoms with Gasteiger partial charge in [-0.3, -0.25) is 9.69 Å². The van der Waals surface area contributed by atoms with Gasteiger partial charge in [-0.15, -0.1) is 11.3 Å². The van der Waals surface area contributed by atoms with E-state index >= 15 is 0 Å². The average Bonchev–Trinajstić information content (AvgIpc) is 3.30. The fourth-order valence-corrected chi connectivity index (χ4v) is 4.46. The summed E-state index contributed by atoms with van der Waals surface area (Å²) in [5.74, 6) is 0. The highest BCUT2D eigenvalue weighted by Crippen LogP contribution is 2.19. The molecular weight excluding hydrogens is 334 g/mol. The maximum absolute atomic E-state index is 12.3. The van der Waals surface area contributed by atoms with E-state index in [4.69, 9.17) is 0 Å². The molecule has 0 bridgehead atoms. The van der Waals surface area contributed by atoms with Gasteiger partial charge in [0.15, 0.2) is 5.13 Å². The minimum Gasteiger partial charge on any atom is -0.360 e. The number of thiazole rings is 1. The Hall–Kier alpha value is -1.73. The molecule has 1 atom stereocenters. The summed E-state index contributed by atoms with van der Waals surface area (Å²) >= 11 is 1.64. The van der Waals surface area contributed by atoms with Crippen LogP contribution in [-0.2, 0) is 19.4 Å². The van der Waals surface area contributed by atoms with Crippen molar-refractivity contribution in [3.63, 3.8) is 0 Å². The van der Waals surface area contributed by atoms with Gasteiger partial charge in [-0.05, 0) is 44.2 Å². The van der Waals surface area contributed by atoms with E-state index in [1.54, 1.807) is 22.1 Å². The van der Waals surface area contributed by atoms with E-state index in [0.717, 1.165) is 55.3 Å². The topological polar surface area (TPSA) is 63.1 Å². The smallest absolute Gasteiger partial charge is 0.267 e. The lowest BCUT2D eigenvalue weighted by atomic mass is 10.0. The molecule has 0 saturated carbocycles. The second kappa shape index (κ2) is 7.66. The van der Waals surface area contributed by atoms with Crippen molar-refractivity contribution in [2.24, 2.45) is 0 Å². The van der Waals surface area contributed by atoms with Gasteiger partial charge >= 0.3 is 0 Å². The van der Waals surface area contributed by atoms with Crippen molar-refractivity contribution in [1.82, 2.24) is 19.7 Å². The van der Waals surface area contributed by atoms with Gasteiger partial charge in [0.25, 0.3) is 5.56 Å². The molecule has 2 aliphatic rings. The molecule has 0 spiro atoms. The maximum Gasteiger partial charge on any atom is 0.267 e. The highest BCUT2D eigenvalue weighted by atomic mass is 32.1. The Balaban J connectivity index is 1.37. The zero-order valence-electron chi connectivity index (χ0n) is 14.5. The quantitative estimate of drug-likeness (QED) is 0.856. The summed E-state index contributed by atoms with van der Waals surface area (Å²) in [5.41, 5.74) is 2.33. The third kappa shape index (κ3) is 3.93. The normalized spacial score (nSPS) is 20.6. The van der Waals surface area contributed by atoms with E-state index in [1.807, 2.05) is 11.6 Å². The largest absolute Gasteiger partial charge is 0.360 e. The van der Waals surface area contributed by atoms with Gasteiger partial charge in [0.1, 0.15) is 0 Å². The van der Waals surface area contributed by atoms with Crippen LogP contribution in [0.25, 0.3) is 0 Å². The fraction of sp³-hybridized carbons (Fsp3) is 0.611. The third-order valence-electron chi connectivity index (χ3n) is 5.29. The standard InChI is InChI=1S/C18H25N5OS/c24-17-12-14-4-3-6-16(14)21-23(17)10-9-22-8-2-1-5-15(22)13-20-18-19-7-11-25-18/h7,11-12,15H,1-6,8-10,13H2,(H,19,20). The van der Waals surface area contributed by atoms with Crippen LogP contribution in [-0.4, -0.2) is 45.3 Å². The first-order chi connectivity index (χ1) is 12.3. The van der Waals surface area contributed by atoms with Crippen molar-refractivity contribution in [3.05, 3.63) is 39.3 Å². The molecule has 0 amide bonds. The Morgan fingerprint density at radius 2 is 2.20 bits per heavy atom. The Morgan fingerprint density at radius 1 is 1.24 bits per heavy atom. The number of nitrogens with one attached hydrogen (secondary N) is 1. The SMILES string of the molecule is O=c1cc2c(nn1CCN1CCCCC1CNc1nccs1)CCC2. The van der Waals surface area contributed by atoms with Gasteiger partial charge in [0.05, 0.1) is 12.2 Å². The fourth-order valence-electron chi connectivity index (χ4n) is 3.92. The number of likely N-dealkylation sites (tertiary alicyclic amines) is 1. The molecular formula is C18H25N5OS. The molecule has 1 aliphatic carbocycles. The first-order valence-electron chi connectivity index (χ1n) is 9.27. The summed E-state index contributed by atoms with van der Waals surface area (Å²) in [7, 11) is 0. The Kier molecular flexibility index (Phi) is 5.12. The predicted octanol–water partition coefficient (Wildman–Crippen LogP) is 2.16. The van der Waals surface area contributed by atoms with Crippen LogP contribution in [0.1, 0.15) is 36.9 Å². The van der Waals surface area contributed by atoms with Crippen LogP contribution in [0, 0.1) is 0 Å². The average molecular weight is 359 g/mol. The second-order valence-electron chi connectivity index (χ2n) is 6.93. The zero-order valence-corrected chi connectivity index (χ0v) is 15.3. The molecule has 1 N–H and O–H groups in total. The molecule has 2 aromatic heterocycles. The lowest BCUT2D eigenvalue weighted by Gasteiger charge is -2.35. The van der Waals surface area contributed by atoms with E-state index in [1.165, 1.54) is 19.3 Å². The van der Waals surface area contributed by atoms with E-state index in [9.17, 15) is 4.79 Å². The van der Waals surface area contributed by atoms with E-state index in [2.05, 4.69) is 20.3 Å². The lowest BCUT2D eigenvalue weighted by molar-refractivity contribution is 0.148. The van der Waals surface area contributed by atoms with Gasteiger partial charge in [0, 0.05) is 36.8 Å². The van der Waals surface area contributed by atoms with E-state index in [-0.39, 0.29) is 5.56 Å². The Morgan fingerprint density at radius 3 is 3.08 bits per heavy atom. The van der Waals surface area contributed by atoms with Crippen molar-refractivity contribution in [1.29, 1.82) is 0 Å². The zero-order chi connectivity index (χ0) is 17.1. The molecule has 1 unspecified atom stereocenters. The van der Waals surface area contributed by atoms with Crippen LogP contribution in [0.3, 0.4) is 0 Å². The molecule has 3 heterocycles. The molecule has 25 heavy (non-hydrogen) atoms. The number of anilines is 1. The van der Waals surface area contributed by atoms with Gasteiger partial charge in [0.2, 0.25) is 0 Å². The molecule has 7 heteroatoms. The molecule has 0 radical (unpaired) electrons. The van der Waals surface area contributed by atoms with Crippen molar-refractivity contribution in [2.45, 2.75) is 51.1 Å². The highest BCUT2D eigenvalue weighted by Gasteiger charge is 2.23. The monoisotopic (exact) mass is 359 g/mol. The van der Waals surface area contributed by atoms with Crippen molar-refractivity contribution in [2.75, 3.05) is 25.0 Å². The number of aryl methyl sites for hydroxylation is 2. The van der Waals surface area contributed by atoms with Gasteiger partial charge in [-0.25, -0.2) is 9.67 Å². The number of hydrogen-bond donors (Lipinski definition) is 1. The first kappa shape index (κ1) is 16.7. The number of aromatic nitrogens is 3. The van der Waals surface area contributed by atoms with Crippen molar-refractivity contribution < 1.29 is 0 Å². The van der Waals surface area contributed by atoms with Crippen LogP contribution in [0.5, 0.6) is 0 Å². The highest BCUT2D eigenvalue weighted by molar-refractivity contribution is 7.13. The molecule has 134 valence electrons. The molecule has 2 aromatic rings. The van der Waals surface area contributed by atoms with Gasteiger partial charge in [-0.2, -0.15) is 5.10 Å². The van der Waals surface area contributed by atoms with Crippen LogP contribution in [0.15, 0.2) is 22.4 Å². The minimum atomic E-state index is 0.0510. The van der Waals surface area contributed by atoms with E-state index in [0.29, 0.717) is 12.6 Å².